The SMILES string of the molecule is CC(C)ON([C@H]1CC[C@@]2(C)C(CCC3[C@@H]2CC[C@]2(C)[C@@H](C4=CC(=O)OC4)CC[C@]32O)C1)[C@H]1OC[C@H](O)[C@H](O)[C@@H]1O. The summed E-state index contributed by atoms with van der Waals surface area (Å²) in [6.07, 6.45) is 5.59. The molecule has 2 heterocycles. The van der Waals surface area contributed by atoms with Gasteiger partial charge in [-0.1, -0.05) is 13.8 Å². The summed E-state index contributed by atoms with van der Waals surface area (Å²) in [6.45, 7) is 8.92. The van der Waals surface area contributed by atoms with Gasteiger partial charge in [-0.3, -0.25) is 4.84 Å². The Bertz CT molecular complexity index is 1020. The lowest BCUT2D eigenvalue weighted by molar-refractivity contribution is -0.345. The van der Waals surface area contributed by atoms with Crippen LogP contribution < -0.4 is 0 Å². The van der Waals surface area contributed by atoms with E-state index in [9.17, 15) is 25.2 Å². The Kier molecular flexibility index (Phi) is 7.46. The molecule has 1 saturated heterocycles. The molecule has 6 aliphatic rings. The van der Waals surface area contributed by atoms with E-state index in [-0.39, 0.29) is 47.4 Å². The van der Waals surface area contributed by atoms with Gasteiger partial charge in [0.25, 0.3) is 0 Å². The Balaban J connectivity index is 1.21. The maximum atomic E-state index is 12.5. The summed E-state index contributed by atoms with van der Waals surface area (Å²) in [5.41, 5.74) is 0.195. The van der Waals surface area contributed by atoms with E-state index >= 15 is 0 Å². The number of aliphatic hydroxyl groups excluding tert-OH is 3. The molecule has 0 radical (unpaired) electrons. The molecule has 6 rings (SSSR count). The molecular weight excluding hydrogens is 514 g/mol. The minimum absolute atomic E-state index is 0.0266. The first-order chi connectivity index (χ1) is 18.9. The zero-order chi connectivity index (χ0) is 28.6. The van der Waals surface area contributed by atoms with Crippen LogP contribution in [0.5, 0.6) is 0 Å². The van der Waals surface area contributed by atoms with Gasteiger partial charge in [0.2, 0.25) is 0 Å². The molecule has 4 aliphatic carbocycles. The summed E-state index contributed by atoms with van der Waals surface area (Å²) < 4.78 is 11.1. The van der Waals surface area contributed by atoms with Crippen molar-refractivity contribution in [2.75, 3.05) is 13.2 Å². The monoisotopic (exact) mass is 563 g/mol. The van der Waals surface area contributed by atoms with Crippen LogP contribution >= 0.6 is 0 Å². The predicted octanol–water partition coefficient (Wildman–Crippen LogP) is 2.69. The first-order valence-corrected chi connectivity index (χ1v) is 15.6. The molecule has 226 valence electrons. The van der Waals surface area contributed by atoms with E-state index in [1.54, 1.807) is 11.1 Å². The summed E-state index contributed by atoms with van der Waals surface area (Å²) in [5, 5.41) is 45.4. The van der Waals surface area contributed by atoms with Gasteiger partial charge in [0.05, 0.1) is 18.3 Å². The summed E-state index contributed by atoms with van der Waals surface area (Å²) in [7, 11) is 0. The van der Waals surface area contributed by atoms with Crippen LogP contribution in [0.1, 0.15) is 85.5 Å². The number of esters is 1. The van der Waals surface area contributed by atoms with Crippen LogP contribution in [-0.4, -0.2) is 87.0 Å². The van der Waals surface area contributed by atoms with Crippen molar-refractivity contribution in [3.05, 3.63) is 11.6 Å². The Hall–Kier alpha value is -1.07. The van der Waals surface area contributed by atoms with Gasteiger partial charge in [0.15, 0.2) is 6.23 Å². The molecule has 0 aromatic carbocycles. The number of hydrogen-bond acceptors (Lipinski definition) is 9. The Morgan fingerprint density at radius 2 is 1.77 bits per heavy atom. The Labute approximate surface area is 237 Å². The zero-order valence-electron chi connectivity index (χ0n) is 24.5. The zero-order valence-corrected chi connectivity index (χ0v) is 24.5. The third kappa shape index (κ3) is 4.33. The lowest BCUT2D eigenvalue weighted by Gasteiger charge is -2.64. The standard InChI is InChI=1S/C31H49NO8/c1-17(2)40-32(28-27(36)26(35)24(33)16-39-28)20-7-10-29(3)19(14-20)5-6-23-22(29)8-11-30(4)21(9-12-31(23,30)37)18-13-25(34)38-15-18/h13,17,19-24,26-28,33,35-37H,5-12,14-16H2,1-4H3/t19?,20-,21+,22-,23?,24-,26-,27-,28-,29-,30+,31-/m0/s1. The molecule has 5 fully saturated rings. The molecule has 40 heavy (non-hydrogen) atoms. The molecule has 9 heteroatoms. The molecule has 4 saturated carbocycles. The van der Waals surface area contributed by atoms with Gasteiger partial charge in [-0.25, -0.2) is 4.79 Å². The van der Waals surface area contributed by atoms with Crippen molar-refractivity contribution in [2.45, 2.75) is 128 Å². The number of hydrogen-bond donors (Lipinski definition) is 4. The number of carbonyl (C=O) groups is 1. The normalized spacial score (nSPS) is 50.8. The fourth-order valence-electron chi connectivity index (χ4n) is 10.2. The quantitative estimate of drug-likeness (QED) is 0.295. The van der Waals surface area contributed by atoms with E-state index in [0.29, 0.717) is 18.4 Å². The van der Waals surface area contributed by atoms with Gasteiger partial charge in [0.1, 0.15) is 24.9 Å². The lowest BCUT2D eigenvalue weighted by Crippen LogP contribution is -2.64. The first kappa shape index (κ1) is 29.0. The number of rotatable bonds is 5. The van der Waals surface area contributed by atoms with Crippen molar-refractivity contribution in [3.8, 4) is 0 Å². The third-order valence-corrected chi connectivity index (χ3v) is 12.4. The maximum absolute atomic E-state index is 12.5. The van der Waals surface area contributed by atoms with Gasteiger partial charge in [-0.2, -0.15) is 5.06 Å². The second-order valence-corrected chi connectivity index (χ2v) is 14.5. The van der Waals surface area contributed by atoms with Crippen LogP contribution in [0.25, 0.3) is 0 Å². The molecule has 0 spiro atoms. The number of nitrogens with zero attached hydrogens (tertiary/aromatic N) is 1. The van der Waals surface area contributed by atoms with Crippen LogP contribution in [0.15, 0.2) is 11.6 Å². The van der Waals surface area contributed by atoms with Crippen molar-refractivity contribution in [2.24, 2.45) is 34.5 Å². The van der Waals surface area contributed by atoms with Gasteiger partial charge >= 0.3 is 5.97 Å². The van der Waals surface area contributed by atoms with Gasteiger partial charge < -0.3 is 29.9 Å². The lowest BCUT2D eigenvalue weighted by atomic mass is 9.43. The Morgan fingerprint density at radius 3 is 2.48 bits per heavy atom. The summed E-state index contributed by atoms with van der Waals surface area (Å²) >= 11 is 0. The predicted molar refractivity (Wildman–Crippen MR) is 145 cm³/mol. The fraction of sp³-hybridized carbons (Fsp3) is 0.903. The second-order valence-electron chi connectivity index (χ2n) is 14.5. The molecule has 0 aromatic heterocycles. The van der Waals surface area contributed by atoms with Gasteiger partial charge in [-0.05, 0) is 106 Å². The van der Waals surface area contributed by atoms with Crippen LogP contribution in [0.2, 0.25) is 0 Å². The highest BCUT2D eigenvalue weighted by molar-refractivity contribution is 5.85. The number of hydroxylamine groups is 2. The fourth-order valence-corrected chi connectivity index (χ4v) is 10.2. The van der Waals surface area contributed by atoms with Crippen LogP contribution in [0.4, 0.5) is 0 Å². The summed E-state index contributed by atoms with van der Waals surface area (Å²) in [6, 6.07) is 0.0266. The van der Waals surface area contributed by atoms with Gasteiger partial charge in [0, 0.05) is 17.5 Å². The average Bonchev–Trinajstić information content (AvgIpc) is 3.45. The molecule has 12 atom stereocenters. The first-order valence-electron chi connectivity index (χ1n) is 15.6. The highest BCUT2D eigenvalue weighted by Crippen LogP contribution is 2.70. The number of carbonyl (C=O) groups excluding carboxylic acids is 1. The van der Waals surface area contributed by atoms with Gasteiger partial charge in [-0.15, -0.1) is 0 Å². The number of aliphatic hydroxyl groups is 4. The molecular formula is C31H49NO8. The molecule has 2 aliphatic heterocycles. The largest absolute Gasteiger partial charge is 0.458 e. The van der Waals surface area contributed by atoms with Crippen LogP contribution in [-0.2, 0) is 19.1 Å². The summed E-state index contributed by atoms with van der Waals surface area (Å²) in [5.74, 6) is 1.09. The van der Waals surface area contributed by atoms with E-state index < -0.39 is 30.1 Å². The minimum atomic E-state index is -1.28. The Morgan fingerprint density at radius 1 is 1.00 bits per heavy atom. The van der Waals surface area contributed by atoms with E-state index in [1.165, 1.54) is 0 Å². The van der Waals surface area contributed by atoms with Crippen molar-refractivity contribution in [1.29, 1.82) is 0 Å². The summed E-state index contributed by atoms with van der Waals surface area (Å²) in [4.78, 5) is 18.1. The third-order valence-electron chi connectivity index (χ3n) is 12.4. The van der Waals surface area contributed by atoms with Crippen molar-refractivity contribution >= 4 is 5.97 Å². The number of fused-ring (bicyclic) bond motifs is 5. The highest BCUT2D eigenvalue weighted by atomic mass is 16.7. The number of ether oxygens (including phenoxy) is 2. The topological polar surface area (TPSA) is 129 Å². The van der Waals surface area contributed by atoms with Crippen molar-refractivity contribution < 1.29 is 39.5 Å². The molecule has 4 N–H and O–H groups in total. The number of cyclic esters (lactones) is 1. The molecule has 0 aromatic rings. The highest BCUT2D eigenvalue weighted by Gasteiger charge is 2.68. The van der Waals surface area contributed by atoms with Crippen molar-refractivity contribution in [3.63, 3.8) is 0 Å². The molecule has 2 unspecified atom stereocenters. The van der Waals surface area contributed by atoms with E-state index in [4.69, 9.17) is 14.3 Å². The second kappa shape index (κ2) is 10.3. The van der Waals surface area contributed by atoms with Crippen LogP contribution in [0.3, 0.4) is 0 Å². The maximum Gasteiger partial charge on any atom is 0.331 e. The van der Waals surface area contributed by atoms with E-state index in [0.717, 1.165) is 63.4 Å². The van der Waals surface area contributed by atoms with E-state index in [1.807, 2.05) is 13.8 Å². The minimum Gasteiger partial charge on any atom is -0.458 e. The van der Waals surface area contributed by atoms with Crippen molar-refractivity contribution in [1.82, 2.24) is 5.06 Å². The van der Waals surface area contributed by atoms with E-state index in [2.05, 4.69) is 13.8 Å². The molecule has 0 amide bonds. The molecule has 9 nitrogen and oxygen atoms in total. The van der Waals surface area contributed by atoms with Crippen LogP contribution in [0, 0.1) is 34.5 Å². The molecule has 0 bridgehead atoms. The smallest absolute Gasteiger partial charge is 0.331 e. The average molecular weight is 564 g/mol.